The molecule has 8 heteroatoms. The molecule has 1 atom stereocenters. The van der Waals surface area contributed by atoms with Crippen molar-refractivity contribution in [3.63, 3.8) is 0 Å². The van der Waals surface area contributed by atoms with Gasteiger partial charge >= 0.3 is 0 Å². The standard InChI is InChI=1S/C21H30N6OS/c1-24(21-23-8-14-29-21)20(28)17-26-9-4-5-18(16-26)15-25-10-12-27(13-11-25)19-6-2-3-7-22-19/h2-3,6-8,14,18H,4-5,9-13,15-17H2,1H3. The fourth-order valence-electron chi connectivity index (χ4n) is 4.30. The number of rotatable bonds is 6. The molecule has 0 spiro atoms. The van der Waals surface area contributed by atoms with Crippen LogP contribution < -0.4 is 9.80 Å². The fourth-order valence-corrected chi connectivity index (χ4v) is 4.92. The first-order chi connectivity index (χ1) is 14.2. The van der Waals surface area contributed by atoms with Crippen molar-refractivity contribution < 1.29 is 4.79 Å². The molecule has 2 aliphatic rings. The highest BCUT2D eigenvalue weighted by Gasteiger charge is 2.26. The van der Waals surface area contributed by atoms with Gasteiger partial charge in [0.2, 0.25) is 5.91 Å². The van der Waals surface area contributed by atoms with Crippen LogP contribution in [0.15, 0.2) is 36.0 Å². The lowest BCUT2D eigenvalue weighted by Crippen LogP contribution is -2.50. The highest BCUT2D eigenvalue weighted by Crippen LogP contribution is 2.21. The van der Waals surface area contributed by atoms with Crippen molar-refractivity contribution in [1.82, 2.24) is 19.8 Å². The summed E-state index contributed by atoms with van der Waals surface area (Å²) in [5.74, 6) is 1.85. The van der Waals surface area contributed by atoms with Gasteiger partial charge in [-0.25, -0.2) is 9.97 Å². The summed E-state index contributed by atoms with van der Waals surface area (Å²) in [7, 11) is 1.82. The summed E-state index contributed by atoms with van der Waals surface area (Å²) in [5, 5.41) is 2.68. The summed E-state index contributed by atoms with van der Waals surface area (Å²) in [4.78, 5) is 30.3. The van der Waals surface area contributed by atoms with Gasteiger partial charge in [0.1, 0.15) is 5.82 Å². The highest BCUT2D eigenvalue weighted by molar-refractivity contribution is 7.13. The zero-order chi connectivity index (χ0) is 20.1. The predicted octanol–water partition coefficient (Wildman–Crippen LogP) is 2.04. The molecule has 4 heterocycles. The van der Waals surface area contributed by atoms with E-state index in [4.69, 9.17) is 0 Å². The van der Waals surface area contributed by atoms with Crippen molar-refractivity contribution in [1.29, 1.82) is 0 Å². The number of hydrogen-bond acceptors (Lipinski definition) is 7. The minimum Gasteiger partial charge on any atom is -0.354 e. The number of carbonyl (C=O) groups excluding carboxylic acids is 1. The van der Waals surface area contributed by atoms with E-state index in [0.717, 1.165) is 56.8 Å². The van der Waals surface area contributed by atoms with Gasteiger partial charge in [-0.3, -0.25) is 19.5 Å². The van der Waals surface area contributed by atoms with E-state index in [1.54, 1.807) is 11.1 Å². The molecule has 0 radical (unpaired) electrons. The fraction of sp³-hybridized carbons (Fsp3) is 0.571. The normalized spacial score (nSPS) is 21.3. The van der Waals surface area contributed by atoms with Crippen LogP contribution in [0.5, 0.6) is 0 Å². The number of hydrogen-bond donors (Lipinski definition) is 0. The molecule has 0 aromatic carbocycles. The van der Waals surface area contributed by atoms with E-state index in [2.05, 4.69) is 36.8 Å². The number of anilines is 2. The molecule has 29 heavy (non-hydrogen) atoms. The van der Waals surface area contributed by atoms with Crippen LogP contribution in [-0.4, -0.2) is 85.1 Å². The molecular formula is C21H30N6OS. The molecule has 0 bridgehead atoms. The molecule has 2 aromatic rings. The summed E-state index contributed by atoms with van der Waals surface area (Å²) in [6.45, 7) is 7.87. The lowest BCUT2D eigenvalue weighted by molar-refractivity contribution is -0.119. The number of aromatic nitrogens is 2. The van der Waals surface area contributed by atoms with Crippen molar-refractivity contribution in [2.75, 3.05) is 69.2 Å². The Morgan fingerprint density at radius 1 is 1.14 bits per heavy atom. The maximum atomic E-state index is 12.6. The van der Waals surface area contributed by atoms with E-state index in [1.807, 2.05) is 24.7 Å². The largest absolute Gasteiger partial charge is 0.354 e. The first kappa shape index (κ1) is 20.3. The zero-order valence-corrected chi connectivity index (χ0v) is 17.9. The van der Waals surface area contributed by atoms with Gasteiger partial charge in [-0.2, -0.15) is 0 Å². The van der Waals surface area contributed by atoms with Gasteiger partial charge in [-0.1, -0.05) is 6.07 Å². The minimum atomic E-state index is 0.129. The maximum Gasteiger partial charge on any atom is 0.242 e. The number of thiazole rings is 1. The van der Waals surface area contributed by atoms with Gasteiger partial charge in [0, 0.05) is 64.1 Å². The van der Waals surface area contributed by atoms with Crippen LogP contribution in [0.25, 0.3) is 0 Å². The lowest BCUT2D eigenvalue weighted by Gasteiger charge is -2.39. The number of carbonyl (C=O) groups is 1. The van der Waals surface area contributed by atoms with Gasteiger partial charge in [0.15, 0.2) is 5.13 Å². The zero-order valence-electron chi connectivity index (χ0n) is 17.1. The van der Waals surface area contributed by atoms with Crippen molar-refractivity contribution >= 4 is 28.2 Å². The lowest BCUT2D eigenvalue weighted by atomic mass is 9.97. The molecule has 2 saturated heterocycles. The second-order valence-electron chi connectivity index (χ2n) is 7.99. The van der Waals surface area contributed by atoms with E-state index in [1.165, 1.54) is 24.2 Å². The molecule has 4 rings (SSSR count). The monoisotopic (exact) mass is 414 g/mol. The number of nitrogens with zero attached hydrogens (tertiary/aromatic N) is 6. The number of pyridine rings is 1. The average Bonchev–Trinajstić information content (AvgIpc) is 3.29. The van der Waals surface area contributed by atoms with Crippen LogP contribution >= 0.6 is 11.3 Å². The predicted molar refractivity (Wildman–Crippen MR) is 118 cm³/mol. The Bertz CT molecular complexity index is 763. The topological polar surface area (TPSA) is 55.8 Å². The second-order valence-corrected chi connectivity index (χ2v) is 8.86. The van der Waals surface area contributed by atoms with Gasteiger partial charge in [0.25, 0.3) is 0 Å². The molecule has 0 saturated carbocycles. The molecule has 2 aromatic heterocycles. The first-order valence-electron chi connectivity index (χ1n) is 10.5. The van der Waals surface area contributed by atoms with Crippen LogP contribution in [0.3, 0.4) is 0 Å². The number of likely N-dealkylation sites (tertiary alicyclic amines) is 1. The summed E-state index contributed by atoms with van der Waals surface area (Å²) < 4.78 is 0. The first-order valence-corrected chi connectivity index (χ1v) is 11.3. The molecular weight excluding hydrogens is 384 g/mol. The van der Waals surface area contributed by atoms with E-state index < -0.39 is 0 Å². The molecule has 0 N–H and O–H groups in total. The van der Waals surface area contributed by atoms with Crippen molar-refractivity contribution in [3.05, 3.63) is 36.0 Å². The van der Waals surface area contributed by atoms with Gasteiger partial charge in [0.05, 0.1) is 6.54 Å². The van der Waals surface area contributed by atoms with Gasteiger partial charge in [-0.05, 0) is 37.4 Å². The summed E-state index contributed by atoms with van der Waals surface area (Å²) >= 11 is 1.50. The molecule has 7 nitrogen and oxygen atoms in total. The van der Waals surface area contributed by atoms with E-state index >= 15 is 0 Å². The summed E-state index contributed by atoms with van der Waals surface area (Å²) in [6.07, 6.45) is 6.04. The molecule has 156 valence electrons. The third kappa shape index (κ3) is 5.32. The third-order valence-electron chi connectivity index (χ3n) is 5.90. The van der Waals surface area contributed by atoms with E-state index in [0.29, 0.717) is 12.5 Å². The molecule has 0 aliphatic carbocycles. The number of piperidine rings is 1. The van der Waals surface area contributed by atoms with Crippen molar-refractivity contribution in [2.24, 2.45) is 5.92 Å². The Hall–Kier alpha value is -2.03. The summed E-state index contributed by atoms with van der Waals surface area (Å²) in [6, 6.07) is 6.11. The van der Waals surface area contributed by atoms with E-state index in [9.17, 15) is 4.79 Å². The van der Waals surface area contributed by atoms with Crippen LogP contribution in [-0.2, 0) is 4.79 Å². The number of piperazine rings is 1. The van der Waals surface area contributed by atoms with Crippen LogP contribution in [0.4, 0.5) is 10.9 Å². The Morgan fingerprint density at radius 3 is 2.72 bits per heavy atom. The average molecular weight is 415 g/mol. The molecule has 2 aliphatic heterocycles. The number of likely N-dealkylation sites (N-methyl/N-ethyl adjacent to an activating group) is 1. The molecule has 1 amide bonds. The quantitative estimate of drug-likeness (QED) is 0.721. The van der Waals surface area contributed by atoms with Crippen LogP contribution in [0.2, 0.25) is 0 Å². The van der Waals surface area contributed by atoms with E-state index in [-0.39, 0.29) is 5.91 Å². The third-order valence-corrected chi connectivity index (χ3v) is 6.75. The Labute approximate surface area is 177 Å². The Kier molecular flexibility index (Phi) is 6.74. The Morgan fingerprint density at radius 2 is 2.00 bits per heavy atom. The number of amides is 1. The minimum absolute atomic E-state index is 0.129. The smallest absolute Gasteiger partial charge is 0.242 e. The SMILES string of the molecule is CN(C(=O)CN1CCCC(CN2CCN(c3ccccn3)CC2)C1)c1nccs1. The summed E-state index contributed by atoms with van der Waals surface area (Å²) in [5.41, 5.74) is 0. The molecule has 2 fully saturated rings. The maximum absolute atomic E-state index is 12.6. The second kappa shape index (κ2) is 9.65. The highest BCUT2D eigenvalue weighted by atomic mass is 32.1. The van der Waals surface area contributed by atoms with Crippen LogP contribution in [0.1, 0.15) is 12.8 Å². The Balaban J connectivity index is 1.23. The van der Waals surface area contributed by atoms with Crippen molar-refractivity contribution in [3.8, 4) is 0 Å². The van der Waals surface area contributed by atoms with Gasteiger partial charge < -0.3 is 4.90 Å². The van der Waals surface area contributed by atoms with Gasteiger partial charge in [-0.15, -0.1) is 11.3 Å². The van der Waals surface area contributed by atoms with Crippen molar-refractivity contribution in [2.45, 2.75) is 12.8 Å². The van der Waals surface area contributed by atoms with Crippen LogP contribution in [0, 0.1) is 5.92 Å². The molecule has 1 unspecified atom stereocenters.